The van der Waals surface area contributed by atoms with E-state index in [4.69, 9.17) is 9.41 Å². The number of hydrogen-bond acceptors (Lipinski definition) is 4. The van der Waals surface area contributed by atoms with Crippen molar-refractivity contribution < 1.29 is 4.42 Å². The molecule has 2 N–H and O–H groups in total. The van der Waals surface area contributed by atoms with Crippen LogP contribution in [0.2, 0.25) is 0 Å². The van der Waals surface area contributed by atoms with E-state index in [0.717, 1.165) is 23.4 Å². The largest absolute Gasteiger partial charge is 0.467 e. The predicted octanol–water partition coefficient (Wildman–Crippen LogP) is 2.28. The van der Waals surface area contributed by atoms with Crippen LogP contribution in [0, 0.1) is 6.92 Å². The van der Waals surface area contributed by atoms with Gasteiger partial charge < -0.3 is 19.6 Å². The number of furan rings is 1. The van der Waals surface area contributed by atoms with Crippen LogP contribution in [-0.2, 0) is 20.1 Å². The minimum absolute atomic E-state index is 0.489. The second-order valence-corrected chi connectivity index (χ2v) is 6.30. The Morgan fingerprint density at radius 1 is 1.33 bits per heavy atom. The summed E-state index contributed by atoms with van der Waals surface area (Å²) in [4.78, 5) is 4.69. The summed E-state index contributed by atoms with van der Waals surface area (Å²) < 4.78 is 7.35. The van der Waals surface area contributed by atoms with Gasteiger partial charge in [0.05, 0.1) is 12.8 Å². The summed E-state index contributed by atoms with van der Waals surface area (Å²) in [6.07, 6.45) is 7.99. The molecule has 0 amide bonds. The Morgan fingerprint density at radius 3 is 2.83 bits per heavy atom. The maximum atomic E-state index is 5.39. The number of nitrogens with one attached hydrogen (secondary N) is 2. The van der Waals surface area contributed by atoms with E-state index in [1.807, 2.05) is 30.7 Å². The van der Waals surface area contributed by atoms with Crippen molar-refractivity contribution in [1.29, 1.82) is 0 Å². The van der Waals surface area contributed by atoms with Crippen molar-refractivity contribution in [3.05, 3.63) is 35.8 Å². The van der Waals surface area contributed by atoms with E-state index in [9.17, 15) is 0 Å². The van der Waals surface area contributed by atoms with Crippen LogP contribution in [0.3, 0.4) is 0 Å². The van der Waals surface area contributed by atoms with Crippen molar-refractivity contribution >= 4 is 5.96 Å². The second-order valence-electron chi connectivity index (χ2n) is 6.30. The number of guanidine groups is 1. The molecule has 2 heterocycles. The SMILES string of the molecule is Cc1nnc(CN=C(NCc2ccco2)NC2CCCCC2)n1C. The molecule has 0 radical (unpaired) electrons. The van der Waals surface area contributed by atoms with Gasteiger partial charge in [0.25, 0.3) is 0 Å². The van der Waals surface area contributed by atoms with Gasteiger partial charge in [0.15, 0.2) is 11.8 Å². The second kappa shape index (κ2) is 7.99. The Morgan fingerprint density at radius 2 is 2.17 bits per heavy atom. The molecule has 2 aromatic heterocycles. The third-order valence-electron chi connectivity index (χ3n) is 4.52. The van der Waals surface area contributed by atoms with Crippen LogP contribution in [0.4, 0.5) is 0 Å². The van der Waals surface area contributed by atoms with E-state index < -0.39 is 0 Å². The van der Waals surface area contributed by atoms with E-state index in [-0.39, 0.29) is 0 Å². The average molecular weight is 330 g/mol. The fourth-order valence-electron chi connectivity index (χ4n) is 2.92. The number of nitrogens with zero attached hydrogens (tertiary/aromatic N) is 4. The number of aryl methyl sites for hydroxylation is 1. The lowest BCUT2D eigenvalue weighted by atomic mass is 9.96. The molecule has 0 aromatic carbocycles. The van der Waals surface area contributed by atoms with Gasteiger partial charge in [-0.15, -0.1) is 10.2 Å². The zero-order valence-corrected chi connectivity index (χ0v) is 14.5. The highest BCUT2D eigenvalue weighted by molar-refractivity contribution is 5.80. The maximum Gasteiger partial charge on any atom is 0.192 e. The van der Waals surface area contributed by atoms with Crippen LogP contribution in [0.15, 0.2) is 27.8 Å². The lowest BCUT2D eigenvalue weighted by Crippen LogP contribution is -2.44. The quantitative estimate of drug-likeness (QED) is 0.649. The molecule has 7 nitrogen and oxygen atoms in total. The van der Waals surface area contributed by atoms with Crippen LogP contribution in [0.5, 0.6) is 0 Å². The third-order valence-corrected chi connectivity index (χ3v) is 4.52. The number of hydrogen-bond donors (Lipinski definition) is 2. The first-order valence-electron chi connectivity index (χ1n) is 8.64. The number of aliphatic imine (C=N–C) groups is 1. The molecule has 3 rings (SSSR count). The summed E-state index contributed by atoms with van der Waals surface area (Å²) in [6, 6.07) is 4.34. The zero-order valence-electron chi connectivity index (χ0n) is 14.5. The number of aromatic nitrogens is 3. The smallest absolute Gasteiger partial charge is 0.192 e. The van der Waals surface area contributed by atoms with Gasteiger partial charge in [-0.05, 0) is 31.9 Å². The van der Waals surface area contributed by atoms with Crippen LogP contribution >= 0.6 is 0 Å². The molecule has 1 aliphatic carbocycles. The predicted molar refractivity (Wildman–Crippen MR) is 92.4 cm³/mol. The summed E-state index contributed by atoms with van der Waals surface area (Å²) in [5.74, 6) is 3.45. The zero-order chi connectivity index (χ0) is 16.8. The van der Waals surface area contributed by atoms with Gasteiger partial charge in [-0.3, -0.25) is 0 Å². The molecule has 0 unspecified atom stereocenters. The molecule has 24 heavy (non-hydrogen) atoms. The first-order valence-corrected chi connectivity index (χ1v) is 8.64. The summed E-state index contributed by atoms with van der Waals surface area (Å²) in [5.41, 5.74) is 0. The monoisotopic (exact) mass is 330 g/mol. The van der Waals surface area contributed by atoms with E-state index >= 15 is 0 Å². The molecular weight excluding hydrogens is 304 g/mol. The standard InChI is InChI=1S/C17H26N6O/c1-13-21-22-16(23(13)2)12-19-17(18-11-15-9-6-10-24-15)20-14-7-4-3-5-8-14/h6,9-10,14H,3-5,7-8,11-12H2,1-2H3,(H2,18,19,20). The van der Waals surface area contributed by atoms with Gasteiger partial charge in [0.1, 0.15) is 18.1 Å². The van der Waals surface area contributed by atoms with Crippen LogP contribution < -0.4 is 10.6 Å². The molecule has 7 heteroatoms. The Bertz CT molecular complexity index is 655. The van der Waals surface area contributed by atoms with Gasteiger partial charge in [0, 0.05) is 13.1 Å². The van der Waals surface area contributed by atoms with Crippen LogP contribution in [0.1, 0.15) is 49.5 Å². The van der Waals surface area contributed by atoms with Crippen molar-refractivity contribution in [3.8, 4) is 0 Å². The van der Waals surface area contributed by atoms with E-state index in [1.54, 1.807) is 6.26 Å². The average Bonchev–Trinajstić information content (AvgIpc) is 3.23. The molecule has 130 valence electrons. The van der Waals surface area contributed by atoms with E-state index in [2.05, 4.69) is 20.8 Å². The molecule has 2 aromatic rings. The molecular formula is C17H26N6O. The third kappa shape index (κ3) is 4.37. The summed E-state index contributed by atoms with van der Waals surface area (Å²) in [7, 11) is 1.96. The van der Waals surface area contributed by atoms with Crippen molar-refractivity contribution in [3.63, 3.8) is 0 Å². The van der Waals surface area contributed by atoms with Gasteiger partial charge in [-0.2, -0.15) is 0 Å². The molecule has 0 spiro atoms. The van der Waals surface area contributed by atoms with Gasteiger partial charge in [0.2, 0.25) is 0 Å². The Labute approximate surface area is 142 Å². The maximum absolute atomic E-state index is 5.39. The summed E-state index contributed by atoms with van der Waals surface area (Å²) in [6.45, 7) is 3.05. The van der Waals surface area contributed by atoms with E-state index in [1.165, 1.54) is 32.1 Å². The number of rotatable bonds is 5. The van der Waals surface area contributed by atoms with Crippen molar-refractivity contribution in [1.82, 2.24) is 25.4 Å². The molecule has 0 aliphatic heterocycles. The highest BCUT2D eigenvalue weighted by Crippen LogP contribution is 2.17. The highest BCUT2D eigenvalue weighted by Gasteiger charge is 2.15. The Kier molecular flexibility index (Phi) is 5.51. The summed E-state index contributed by atoms with van der Waals surface area (Å²) in [5, 5.41) is 15.2. The Hall–Kier alpha value is -2.31. The lowest BCUT2D eigenvalue weighted by Gasteiger charge is -2.25. The topological polar surface area (TPSA) is 80.3 Å². The lowest BCUT2D eigenvalue weighted by molar-refractivity contribution is 0.408. The summed E-state index contributed by atoms with van der Waals surface area (Å²) >= 11 is 0. The molecule has 0 saturated heterocycles. The normalized spacial score (nSPS) is 16.3. The van der Waals surface area contributed by atoms with Crippen LogP contribution in [0.25, 0.3) is 0 Å². The fourth-order valence-corrected chi connectivity index (χ4v) is 2.92. The van der Waals surface area contributed by atoms with Gasteiger partial charge in [-0.1, -0.05) is 19.3 Å². The van der Waals surface area contributed by atoms with Crippen LogP contribution in [-0.4, -0.2) is 26.8 Å². The molecule has 1 aliphatic rings. The fraction of sp³-hybridized carbons (Fsp3) is 0.588. The Balaban J connectivity index is 1.65. The molecule has 1 fully saturated rings. The van der Waals surface area contributed by atoms with E-state index in [0.29, 0.717) is 19.1 Å². The van der Waals surface area contributed by atoms with Crippen molar-refractivity contribution in [2.24, 2.45) is 12.0 Å². The molecule has 0 atom stereocenters. The van der Waals surface area contributed by atoms with Crippen molar-refractivity contribution in [2.45, 2.75) is 58.2 Å². The molecule has 1 saturated carbocycles. The first kappa shape index (κ1) is 16.5. The highest BCUT2D eigenvalue weighted by atomic mass is 16.3. The minimum atomic E-state index is 0.489. The van der Waals surface area contributed by atoms with Gasteiger partial charge >= 0.3 is 0 Å². The first-order chi connectivity index (χ1) is 11.7. The van der Waals surface area contributed by atoms with Gasteiger partial charge in [-0.25, -0.2) is 4.99 Å². The minimum Gasteiger partial charge on any atom is -0.467 e. The molecule has 0 bridgehead atoms. The van der Waals surface area contributed by atoms with Crippen molar-refractivity contribution in [2.75, 3.05) is 0 Å².